The van der Waals surface area contributed by atoms with E-state index in [0.29, 0.717) is 39.4 Å². The van der Waals surface area contributed by atoms with Crippen LogP contribution in [0.1, 0.15) is 5.56 Å². The molecule has 0 aromatic carbocycles. The van der Waals surface area contributed by atoms with E-state index in [9.17, 15) is 9.59 Å². The number of hydrogen-bond donors (Lipinski definition) is 2. The Balaban J connectivity index is 1.85. The molecule has 0 spiro atoms. The molecule has 24 heavy (non-hydrogen) atoms. The maximum Gasteiger partial charge on any atom is 0.249 e. The number of nitrogens with zero attached hydrogens (tertiary/aromatic N) is 2. The zero-order chi connectivity index (χ0) is 17.2. The number of nitrogens with one attached hydrogen (secondary N) is 2. The standard InChI is InChI=1S/C16H24N4O4/c1-23-8-9-24-12-15(21)20-7-6-18-11-14(20)16(22)19-10-13-2-4-17-5-3-13/h2-5,14,18H,6-12H2,1H3,(H,19,22)/t14-/m1/s1. The molecule has 1 saturated heterocycles. The lowest BCUT2D eigenvalue weighted by molar-refractivity contribution is -0.145. The Hall–Kier alpha value is -2.03. The summed E-state index contributed by atoms with van der Waals surface area (Å²) in [6, 6.07) is 3.15. The summed E-state index contributed by atoms with van der Waals surface area (Å²) in [6.07, 6.45) is 3.35. The lowest BCUT2D eigenvalue weighted by atomic mass is 10.1. The van der Waals surface area contributed by atoms with Crippen LogP contribution in [0.15, 0.2) is 24.5 Å². The molecule has 1 aromatic rings. The van der Waals surface area contributed by atoms with E-state index in [1.54, 1.807) is 24.4 Å². The molecule has 0 radical (unpaired) electrons. The maximum absolute atomic E-state index is 12.4. The van der Waals surface area contributed by atoms with Crippen LogP contribution in [-0.2, 0) is 25.6 Å². The highest BCUT2D eigenvalue weighted by atomic mass is 16.5. The van der Waals surface area contributed by atoms with Gasteiger partial charge >= 0.3 is 0 Å². The minimum atomic E-state index is -0.529. The molecule has 8 nitrogen and oxygen atoms in total. The molecular weight excluding hydrogens is 312 g/mol. The number of carbonyl (C=O) groups excluding carboxylic acids is 2. The van der Waals surface area contributed by atoms with E-state index in [0.717, 1.165) is 5.56 Å². The smallest absolute Gasteiger partial charge is 0.249 e. The van der Waals surface area contributed by atoms with Gasteiger partial charge in [0.15, 0.2) is 0 Å². The van der Waals surface area contributed by atoms with E-state index in [-0.39, 0.29) is 18.4 Å². The van der Waals surface area contributed by atoms with Gasteiger partial charge in [-0.05, 0) is 17.7 Å². The topological polar surface area (TPSA) is 92.8 Å². The first kappa shape index (κ1) is 18.3. The molecule has 132 valence electrons. The second kappa shape index (κ2) is 9.96. The number of hydrogen-bond acceptors (Lipinski definition) is 6. The van der Waals surface area contributed by atoms with Crippen LogP contribution in [0, 0.1) is 0 Å². The van der Waals surface area contributed by atoms with Gasteiger partial charge < -0.3 is 25.0 Å². The van der Waals surface area contributed by atoms with Crippen molar-refractivity contribution in [2.45, 2.75) is 12.6 Å². The Kier molecular flexibility index (Phi) is 7.60. The van der Waals surface area contributed by atoms with Crippen LogP contribution in [0.4, 0.5) is 0 Å². The molecule has 0 aliphatic carbocycles. The average molecular weight is 336 g/mol. The van der Waals surface area contributed by atoms with E-state index in [4.69, 9.17) is 9.47 Å². The molecule has 8 heteroatoms. The van der Waals surface area contributed by atoms with Crippen molar-refractivity contribution in [1.29, 1.82) is 0 Å². The summed E-state index contributed by atoms with van der Waals surface area (Å²) >= 11 is 0. The number of amides is 2. The van der Waals surface area contributed by atoms with Gasteiger partial charge in [-0.15, -0.1) is 0 Å². The van der Waals surface area contributed by atoms with E-state index in [1.165, 1.54) is 0 Å². The van der Waals surface area contributed by atoms with E-state index < -0.39 is 6.04 Å². The summed E-state index contributed by atoms with van der Waals surface area (Å²) in [5, 5.41) is 6.02. The molecule has 0 unspecified atom stereocenters. The molecule has 0 saturated carbocycles. The van der Waals surface area contributed by atoms with Crippen LogP contribution < -0.4 is 10.6 Å². The van der Waals surface area contributed by atoms with E-state index in [2.05, 4.69) is 15.6 Å². The Morgan fingerprint density at radius 2 is 2.17 bits per heavy atom. The number of aromatic nitrogens is 1. The third-order valence-corrected chi connectivity index (χ3v) is 3.74. The number of rotatable bonds is 8. The number of carbonyl (C=O) groups is 2. The van der Waals surface area contributed by atoms with Crippen LogP contribution in [0.3, 0.4) is 0 Å². The van der Waals surface area contributed by atoms with Gasteiger partial charge in [-0.3, -0.25) is 14.6 Å². The van der Waals surface area contributed by atoms with Gasteiger partial charge in [0.2, 0.25) is 11.8 Å². The molecule has 1 fully saturated rings. The van der Waals surface area contributed by atoms with E-state index >= 15 is 0 Å². The monoisotopic (exact) mass is 336 g/mol. The Morgan fingerprint density at radius 1 is 1.38 bits per heavy atom. The molecule has 2 N–H and O–H groups in total. The van der Waals surface area contributed by atoms with Crippen molar-refractivity contribution in [2.75, 3.05) is 46.6 Å². The minimum absolute atomic E-state index is 0.0442. The summed E-state index contributed by atoms with van der Waals surface area (Å²) < 4.78 is 10.1. The largest absolute Gasteiger partial charge is 0.382 e. The molecule has 0 bridgehead atoms. The second-order valence-corrected chi connectivity index (χ2v) is 5.43. The summed E-state index contributed by atoms with van der Waals surface area (Å²) in [4.78, 5) is 30.3. The highest BCUT2D eigenvalue weighted by Crippen LogP contribution is 2.06. The average Bonchev–Trinajstić information content (AvgIpc) is 2.64. The second-order valence-electron chi connectivity index (χ2n) is 5.43. The van der Waals surface area contributed by atoms with Gasteiger partial charge in [0.05, 0.1) is 13.2 Å². The fourth-order valence-electron chi connectivity index (χ4n) is 2.43. The predicted octanol–water partition coefficient (Wildman–Crippen LogP) is -0.839. The number of ether oxygens (including phenoxy) is 2. The molecule has 2 amide bonds. The third kappa shape index (κ3) is 5.55. The maximum atomic E-state index is 12.4. The first-order valence-corrected chi connectivity index (χ1v) is 7.96. The van der Waals surface area contributed by atoms with Crippen LogP contribution in [-0.4, -0.2) is 74.3 Å². The van der Waals surface area contributed by atoms with Gasteiger partial charge in [0, 0.05) is 45.7 Å². The van der Waals surface area contributed by atoms with Crippen LogP contribution in [0.25, 0.3) is 0 Å². The molecular formula is C16H24N4O4. The first-order chi connectivity index (χ1) is 11.7. The zero-order valence-corrected chi connectivity index (χ0v) is 13.9. The van der Waals surface area contributed by atoms with Crippen molar-refractivity contribution < 1.29 is 19.1 Å². The Morgan fingerprint density at radius 3 is 2.92 bits per heavy atom. The third-order valence-electron chi connectivity index (χ3n) is 3.74. The highest BCUT2D eigenvalue weighted by molar-refractivity contribution is 5.88. The quantitative estimate of drug-likeness (QED) is 0.602. The summed E-state index contributed by atoms with van der Waals surface area (Å²) in [7, 11) is 1.57. The van der Waals surface area contributed by atoms with Crippen LogP contribution in [0.2, 0.25) is 0 Å². The van der Waals surface area contributed by atoms with Crippen molar-refractivity contribution in [3.8, 4) is 0 Å². The van der Waals surface area contributed by atoms with Gasteiger partial charge in [0.1, 0.15) is 12.6 Å². The number of piperazine rings is 1. The lowest BCUT2D eigenvalue weighted by Gasteiger charge is -2.35. The molecule has 1 aliphatic heterocycles. The normalized spacial score (nSPS) is 17.5. The zero-order valence-electron chi connectivity index (χ0n) is 13.9. The molecule has 1 aromatic heterocycles. The van der Waals surface area contributed by atoms with Gasteiger partial charge in [-0.1, -0.05) is 0 Å². The summed E-state index contributed by atoms with van der Waals surface area (Å²) in [5.41, 5.74) is 0.961. The van der Waals surface area contributed by atoms with Crippen molar-refractivity contribution in [3.63, 3.8) is 0 Å². The number of methoxy groups -OCH3 is 1. The fraction of sp³-hybridized carbons (Fsp3) is 0.562. The summed E-state index contributed by atoms with van der Waals surface area (Å²) in [6.45, 7) is 2.74. The highest BCUT2D eigenvalue weighted by Gasteiger charge is 2.31. The van der Waals surface area contributed by atoms with Crippen molar-refractivity contribution in [2.24, 2.45) is 0 Å². The van der Waals surface area contributed by atoms with Crippen molar-refractivity contribution >= 4 is 11.8 Å². The number of pyridine rings is 1. The fourth-order valence-corrected chi connectivity index (χ4v) is 2.43. The molecule has 1 aliphatic rings. The van der Waals surface area contributed by atoms with Gasteiger partial charge in [-0.2, -0.15) is 0 Å². The molecule has 2 rings (SSSR count). The van der Waals surface area contributed by atoms with Crippen molar-refractivity contribution in [3.05, 3.63) is 30.1 Å². The Bertz CT molecular complexity index is 526. The van der Waals surface area contributed by atoms with E-state index in [1.807, 2.05) is 12.1 Å². The van der Waals surface area contributed by atoms with Crippen molar-refractivity contribution in [1.82, 2.24) is 20.5 Å². The van der Waals surface area contributed by atoms with Gasteiger partial charge in [0.25, 0.3) is 0 Å². The predicted molar refractivity (Wildman–Crippen MR) is 87.1 cm³/mol. The lowest BCUT2D eigenvalue weighted by Crippen LogP contribution is -2.60. The molecule has 2 heterocycles. The minimum Gasteiger partial charge on any atom is -0.382 e. The molecule has 1 atom stereocenters. The van der Waals surface area contributed by atoms with Crippen LogP contribution >= 0.6 is 0 Å². The van der Waals surface area contributed by atoms with Gasteiger partial charge in [-0.25, -0.2) is 0 Å². The Labute approximate surface area is 141 Å². The SMILES string of the molecule is COCCOCC(=O)N1CCNC[C@@H]1C(=O)NCc1ccncc1. The first-order valence-electron chi connectivity index (χ1n) is 7.96. The summed E-state index contributed by atoms with van der Waals surface area (Å²) in [5.74, 6) is -0.360. The van der Waals surface area contributed by atoms with Crippen LogP contribution in [0.5, 0.6) is 0 Å².